The molecule has 1 heterocycles. The third-order valence-corrected chi connectivity index (χ3v) is 2.24. The maximum atomic E-state index is 11.0. The highest BCUT2D eigenvalue weighted by atomic mass is 16.5. The first-order valence-corrected chi connectivity index (χ1v) is 5.14. The fraction of sp³-hybridized carbons (Fsp3) is 0.167. The lowest BCUT2D eigenvalue weighted by molar-refractivity contribution is 0.0697. The van der Waals surface area contributed by atoms with Crippen LogP contribution in [0.15, 0.2) is 35.1 Å². The van der Waals surface area contributed by atoms with E-state index in [-0.39, 0.29) is 11.3 Å². The Morgan fingerprint density at radius 2 is 2.24 bits per heavy atom. The summed E-state index contributed by atoms with van der Waals surface area (Å²) in [6.45, 7) is 2.36. The lowest BCUT2D eigenvalue weighted by Gasteiger charge is -2.07. The molecule has 5 nitrogen and oxygen atoms in total. The molecule has 0 fully saturated rings. The van der Waals surface area contributed by atoms with Gasteiger partial charge >= 0.3 is 5.97 Å². The Kier molecular flexibility index (Phi) is 3.09. The number of para-hydroxylation sites is 1. The summed E-state index contributed by atoms with van der Waals surface area (Å²) in [5.74, 6) is -0.487. The van der Waals surface area contributed by atoms with E-state index in [1.807, 2.05) is 13.0 Å². The van der Waals surface area contributed by atoms with Crippen LogP contribution in [0.3, 0.4) is 0 Å². The Morgan fingerprint density at radius 3 is 2.94 bits per heavy atom. The molecule has 2 rings (SSSR count). The van der Waals surface area contributed by atoms with Gasteiger partial charge in [0.15, 0.2) is 0 Å². The van der Waals surface area contributed by atoms with Gasteiger partial charge in [-0.3, -0.25) is 0 Å². The first-order chi connectivity index (χ1) is 8.24. The van der Waals surface area contributed by atoms with Crippen LogP contribution in [0.2, 0.25) is 0 Å². The number of carbonyl (C=O) groups is 1. The van der Waals surface area contributed by atoms with E-state index in [0.717, 1.165) is 6.26 Å². The lowest BCUT2D eigenvalue weighted by Crippen LogP contribution is -1.99. The molecule has 0 spiro atoms. The van der Waals surface area contributed by atoms with E-state index in [0.29, 0.717) is 17.9 Å². The van der Waals surface area contributed by atoms with Gasteiger partial charge in [0.05, 0.1) is 6.61 Å². The molecule has 0 bridgehead atoms. The first kappa shape index (κ1) is 11.2. The van der Waals surface area contributed by atoms with Crippen molar-refractivity contribution in [1.29, 1.82) is 0 Å². The predicted molar refractivity (Wildman–Crippen MR) is 60.1 cm³/mol. The van der Waals surface area contributed by atoms with Crippen molar-refractivity contribution < 1.29 is 19.2 Å². The van der Waals surface area contributed by atoms with E-state index in [4.69, 9.17) is 14.4 Å². The summed E-state index contributed by atoms with van der Waals surface area (Å²) in [5, 5.41) is 12.7. The van der Waals surface area contributed by atoms with E-state index in [1.54, 1.807) is 18.2 Å². The molecular formula is C12H11NO4. The van der Waals surface area contributed by atoms with Gasteiger partial charge in [0.25, 0.3) is 0 Å². The van der Waals surface area contributed by atoms with E-state index in [1.165, 1.54) is 0 Å². The summed E-state index contributed by atoms with van der Waals surface area (Å²) in [6, 6.07) is 7.11. The zero-order valence-corrected chi connectivity index (χ0v) is 9.21. The van der Waals surface area contributed by atoms with E-state index >= 15 is 0 Å². The summed E-state index contributed by atoms with van der Waals surface area (Å²) in [4.78, 5) is 11.0. The number of nitrogens with zero attached hydrogens (tertiary/aromatic N) is 1. The number of rotatable bonds is 4. The average molecular weight is 233 g/mol. The number of aromatic carboxylic acids is 1. The maximum absolute atomic E-state index is 11.0. The highest BCUT2D eigenvalue weighted by molar-refractivity contribution is 5.95. The molecule has 0 aliphatic carbocycles. The molecule has 1 aromatic carbocycles. The van der Waals surface area contributed by atoms with Gasteiger partial charge in [0.2, 0.25) is 0 Å². The van der Waals surface area contributed by atoms with Crippen LogP contribution in [0, 0.1) is 0 Å². The van der Waals surface area contributed by atoms with Crippen molar-refractivity contribution >= 4 is 5.97 Å². The molecule has 17 heavy (non-hydrogen) atoms. The fourth-order valence-electron chi connectivity index (χ4n) is 1.53. The number of ether oxygens (including phenoxy) is 1. The summed E-state index contributed by atoms with van der Waals surface area (Å²) in [5.41, 5.74) is 0.916. The lowest BCUT2D eigenvalue weighted by atomic mass is 10.1. The van der Waals surface area contributed by atoms with Crippen molar-refractivity contribution in [2.75, 3.05) is 6.61 Å². The number of carboxylic acids is 1. The summed E-state index contributed by atoms with van der Waals surface area (Å²) < 4.78 is 10.1. The van der Waals surface area contributed by atoms with Gasteiger partial charge in [-0.2, -0.15) is 0 Å². The van der Waals surface area contributed by atoms with Crippen molar-refractivity contribution in [3.8, 4) is 17.0 Å². The molecule has 1 N–H and O–H groups in total. The maximum Gasteiger partial charge on any atom is 0.341 e. The van der Waals surface area contributed by atoms with Crippen LogP contribution in [0.5, 0.6) is 5.75 Å². The largest absolute Gasteiger partial charge is 0.493 e. The van der Waals surface area contributed by atoms with Gasteiger partial charge in [-0.05, 0) is 19.1 Å². The SMILES string of the molecule is CCOc1ccccc1-c1nocc1C(=O)O. The second-order valence-corrected chi connectivity index (χ2v) is 3.31. The molecule has 1 aromatic heterocycles. The molecule has 2 aromatic rings. The van der Waals surface area contributed by atoms with E-state index in [9.17, 15) is 4.79 Å². The van der Waals surface area contributed by atoms with Gasteiger partial charge in [-0.25, -0.2) is 4.79 Å². The number of hydrogen-bond acceptors (Lipinski definition) is 4. The highest BCUT2D eigenvalue weighted by Crippen LogP contribution is 2.31. The van der Waals surface area contributed by atoms with Gasteiger partial charge < -0.3 is 14.4 Å². The third kappa shape index (κ3) is 2.13. The Hall–Kier alpha value is -2.30. The van der Waals surface area contributed by atoms with Crippen LogP contribution >= 0.6 is 0 Å². The molecule has 0 atom stereocenters. The molecule has 0 amide bonds. The van der Waals surface area contributed by atoms with E-state index < -0.39 is 5.97 Å². The third-order valence-electron chi connectivity index (χ3n) is 2.24. The van der Waals surface area contributed by atoms with Crippen LogP contribution in [0.4, 0.5) is 0 Å². The Labute approximate surface area is 97.6 Å². The van der Waals surface area contributed by atoms with Crippen LogP contribution < -0.4 is 4.74 Å². The van der Waals surface area contributed by atoms with Gasteiger partial charge in [-0.15, -0.1) is 0 Å². The number of benzene rings is 1. The molecule has 0 aliphatic heterocycles. The molecule has 0 saturated heterocycles. The Morgan fingerprint density at radius 1 is 1.47 bits per heavy atom. The van der Waals surface area contributed by atoms with Gasteiger partial charge in [-0.1, -0.05) is 17.3 Å². The van der Waals surface area contributed by atoms with E-state index in [2.05, 4.69) is 5.16 Å². The predicted octanol–water partition coefficient (Wildman–Crippen LogP) is 2.44. The van der Waals surface area contributed by atoms with Gasteiger partial charge in [0.1, 0.15) is 23.3 Å². The fourth-order valence-corrected chi connectivity index (χ4v) is 1.53. The van der Waals surface area contributed by atoms with Crippen LogP contribution in [0.25, 0.3) is 11.3 Å². The quantitative estimate of drug-likeness (QED) is 0.877. The Balaban J connectivity index is 2.52. The van der Waals surface area contributed by atoms with Crippen molar-refractivity contribution in [1.82, 2.24) is 5.16 Å². The summed E-state index contributed by atoms with van der Waals surface area (Å²) in [7, 11) is 0. The molecule has 0 radical (unpaired) electrons. The van der Waals surface area contributed by atoms with Crippen molar-refractivity contribution in [3.63, 3.8) is 0 Å². The molecule has 0 aliphatic rings. The topological polar surface area (TPSA) is 72.6 Å². The minimum absolute atomic E-state index is 0.0251. The minimum atomic E-state index is -1.08. The second kappa shape index (κ2) is 4.69. The summed E-state index contributed by atoms with van der Waals surface area (Å²) in [6.07, 6.45) is 1.11. The minimum Gasteiger partial charge on any atom is -0.493 e. The number of aromatic nitrogens is 1. The number of carboxylic acid groups (broad SMARTS) is 1. The zero-order chi connectivity index (χ0) is 12.3. The van der Waals surface area contributed by atoms with Crippen molar-refractivity contribution in [2.45, 2.75) is 6.92 Å². The highest BCUT2D eigenvalue weighted by Gasteiger charge is 2.19. The molecule has 0 unspecified atom stereocenters. The average Bonchev–Trinajstić information content (AvgIpc) is 2.79. The van der Waals surface area contributed by atoms with Crippen LogP contribution in [-0.4, -0.2) is 22.8 Å². The molecule has 0 saturated carbocycles. The second-order valence-electron chi connectivity index (χ2n) is 3.31. The smallest absolute Gasteiger partial charge is 0.341 e. The summed E-state index contributed by atoms with van der Waals surface area (Å²) >= 11 is 0. The first-order valence-electron chi connectivity index (χ1n) is 5.14. The molecule has 5 heteroatoms. The zero-order valence-electron chi connectivity index (χ0n) is 9.21. The standard InChI is InChI=1S/C12H11NO4/c1-2-16-10-6-4-3-5-8(10)11-9(12(14)15)7-17-13-11/h3-7H,2H2,1H3,(H,14,15). The normalized spacial score (nSPS) is 10.2. The van der Waals surface area contributed by atoms with Crippen molar-refractivity contribution in [3.05, 3.63) is 36.1 Å². The van der Waals surface area contributed by atoms with Crippen LogP contribution in [-0.2, 0) is 0 Å². The van der Waals surface area contributed by atoms with Gasteiger partial charge in [0, 0.05) is 5.56 Å². The van der Waals surface area contributed by atoms with Crippen molar-refractivity contribution in [2.24, 2.45) is 0 Å². The molecule has 88 valence electrons. The monoisotopic (exact) mass is 233 g/mol. The Bertz CT molecular complexity index is 533. The number of hydrogen-bond donors (Lipinski definition) is 1. The molecular weight excluding hydrogens is 222 g/mol. The van der Waals surface area contributed by atoms with Crippen LogP contribution in [0.1, 0.15) is 17.3 Å².